The van der Waals surface area contributed by atoms with Gasteiger partial charge in [-0.25, -0.2) is 0 Å². The molecule has 0 bridgehead atoms. The fourth-order valence-electron chi connectivity index (χ4n) is 2.14. The number of rotatable bonds is 3. The second-order valence-corrected chi connectivity index (χ2v) is 5.34. The average Bonchev–Trinajstić information content (AvgIpc) is 3.14. The molecule has 1 aliphatic carbocycles. The summed E-state index contributed by atoms with van der Waals surface area (Å²) in [4.78, 5) is 11.8. The molecule has 1 atom stereocenters. The number of hydrogen-bond acceptors (Lipinski definition) is 2. The van der Waals surface area contributed by atoms with Crippen LogP contribution in [0.2, 0.25) is 0 Å². The van der Waals surface area contributed by atoms with E-state index < -0.39 is 23.6 Å². The molecule has 0 aliphatic heterocycles. The van der Waals surface area contributed by atoms with E-state index in [1.54, 1.807) is 6.07 Å². The number of benzene rings is 1. The second kappa shape index (κ2) is 5.15. The Hall–Kier alpha value is -1.04. The predicted octanol–water partition coefficient (Wildman–Crippen LogP) is 4.13. The summed E-state index contributed by atoms with van der Waals surface area (Å²) < 4.78 is 43.2. The Morgan fingerprint density at radius 2 is 2.05 bits per heavy atom. The van der Waals surface area contributed by atoms with Gasteiger partial charge in [0.15, 0.2) is 0 Å². The van der Waals surface area contributed by atoms with Gasteiger partial charge in [-0.1, -0.05) is 12.1 Å². The Bertz CT molecular complexity index is 495. The number of esters is 1. The number of carbonyl (C=O) groups excluding carboxylic acids is 1. The first-order valence-electron chi connectivity index (χ1n) is 5.79. The molecular weight excluding hydrogens is 325 g/mol. The predicted molar refractivity (Wildman–Crippen MR) is 66.6 cm³/mol. The standard InChI is InChI=1S/C13H12BrF3O2/c1-19-12(18)10(7-5-6-7)8-3-2-4-9(11(8)14)13(15,16)17/h2-4,7,10H,5-6H2,1H3. The molecule has 0 spiro atoms. The summed E-state index contributed by atoms with van der Waals surface area (Å²) >= 11 is 2.98. The molecule has 1 aromatic carbocycles. The zero-order valence-corrected chi connectivity index (χ0v) is 11.7. The highest BCUT2D eigenvalue weighted by molar-refractivity contribution is 9.10. The Labute approximate surface area is 117 Å². The van der Waals surface area contributed by atoms with Gasteiger partial charge in [-0.3, -0.25) is 4.79 Å². The second-order valence-electron chi connectivity index (χ2n) is 4.54. The van der Waals surface area contributed by atoms with E-state index in [4.69, 9.17) is 4.74 Å². The van der Waals surface area contributed by atoms with Crippen LogP contribution in [0.5, 0.6) is 0 Å². The molecule has 1 fully saturated rings. The van der Waals surface area contributed by atoms with Crippen molar-refractivity contribution in [2.24, 2.45) is 5.92 Å². The highest BCUT2D eigenvalue weighted by Gasteiger charge is 2.41. The van der Waals surface area contributed by atoms with E-state index in [2.05, 4.69) is 15.9 Å². The topological polar surface area (TPSA) is 26.3 Å². The van der Waals surface area contributed by atoms with Crippen LogP contribution in [0, 0.1) is 5.92 Å². The average molecular weight is 337 g/mol. The fourth-order valence-corrected chi connectivity index (χ4v) is 2.87. The van der Waals surface area contributed by atoms with Crippen LogP contribution in [0.4, 0.5) is 13.2 Å². The number of hydrogen-bond donors (Lipinski definition) is 0. The van der Waals surface area contributed by atoms with E-state index in [1.165, 1.54) is 13.2 Å². The maximum absolute atomic E-state index is 12.8. The van der Waals surface area contributed by atoms with Gasteiger partial charge in [0.05, 0.1) is 18.6 Å². The lowest BCUT2D eigenvalue weighted by atomic mass is 9.93. The van der Waals surface area contributed by atoms with E-state index in [9.17, 15) is 18.0 Å². The van der Waals surface area contributed by atoms with Crippen LogP contribution in [0.1, 0.15) is 29.9 Å². The molecule has 19 heavy (non-hydrogen) atoms. The van der Waals surface area contributed by atoms with Crippen molar-refractivity contribution in [1.29, 1.82) is 0 Å². The molecule has 104 valence electrons. The normalized spacial score (nSPS) is 17.1. The van der Waals surface area contributed by atoms with Crippen LogP contribution in [-0.4, -0.2) is 13.1 Å². The monoisotopic (exact) mass is 336 g/mol. The van der Waals surface area contributed by atoms with E-state index in [0.717, 1.165) is 18.9 Å². The van der Waals surface area contributed by atoms with Crippen LogP contribution in [0.25, 0.3) is 0 Å². The lowest BCUT2D eigenvalue weighted by Gasteiger charge is -2.18. The third kappa shape index (κ3) is 2.94. The summed E-state index contributed by atoms with van der Waals surface area (Å²) in [6.45, 7) is 0. The van der Waals surface area contributed by atoms with Gasteiger partial charge in [-0.15, -0.1) is 0 Å². The molecule has 0 N–H and O–H groups in total. The van der Waals surface area contributed by atoms with E-state index in [1.807, 2.05) is 0 Å². The van der Waals surface area contributed by atoms with Gasteiger partial charge in [0.25, 0.3) is 0 Å². The summed E-state index contributed by atoms with van der Waals surface area (Å²) in [6, 6.07) is 3.86. The molecule has 6 heteroatoms. The maximum Gasteiger partial charge on any atom is 0.417 e. The van der Waals surface area contributed by atoms with Crippen molar-refractivity contribution < 1.29 is 22.7 Å². The fraction of sp³-hybridized carbons (Fsp3) is 0.462. The zero-order valence-electron chi connectivity index (χ0n) is 10.1. The van der Waals surface area contributed by atoms with Crippen molar-refractivity contribution in [3.05, 3.63) is 33.8 Å². The van der Waals surface area contributed by atoms with Crippen molar-refractivity contribution in [2.45, 2.75) is 24.9 Å². The minimum Gasteiger partial charge on any atom is -0.469 e. The van der Waals surface area contributed by atoms with Gasteiger partial charge >= 0.3 is 12.1 Å². The van der Waals surface area contributed by atoms with Crippen molar-refractivity contribution in [2.75, 3.05) is 7.11 Å². The van der Waals surface area contributed by atoms with Gasteiger partial charge in [-0.2, -0.15) is 13.2 Å². The summed E-state index contributed by atoms with van der Waals surface area (Å²) in [7, 11) is 1.25. The first-order chi connectivity index (χ1) is 8.86. The molecule has 1 unspecified atom stereocenters. The Morgan fingerprint density at radius 1 is 1.42 bits per heavy atom. The van der Waals surface area contributed by atoms with Crippen molar-refractivity contribution in [3.8, 4) is 0 Å². The van der Waals surface area contributed by atoms with Crippen LogP contribution >= 0.6 is 15.9 Å². The highest BCUT2D eigenvalue weighted by atomic mass is 79.9. The lowest BCUT2D eigenvalue weighted by molar-refractivity contribution is -0.143. The highest BCUT2D eigenvalue weighted by Crippen LogP contribution is 2.47. The first-order valence-corrected chi connectivity index (χ1v) is 6.59. The van der Waals surface area contributed by atoms with E-state index >= 15 is 0 Å². The molecule has 0 amide bonds. The largest absolute Gasteiger partial charge is 0.469 e. The quantitative estimate of drug-likeness (QED) is 0.775. The molecule has 0 saturated heterocycles. The van der Waals surface area contributed by atoms with Gasteiger partial charge < -0.3 is 4.74 Å². The number of ether oxygens (including phenoxy) is 1. The zero-order chi connectivity index (χ0) is 14.2. The van der Waals surface area contributed by atoms with Crippen LogP contribution in [-0.2, 0) is 15.7 Å². The molecular formula is C13H12BrF3O2. The first kappa shape index (κ1) is 14.4. The molecule has 1 saturated carbocycles. The minimum absolute atomic E-state index is 0.0650. The number of methoxy groups -OCH3 is 1. The molecule has 2 nitrogen and oxygen atoms in total. The Balaban J connectivity index is 2.46. The number of carbonyl (C=O) groups is 1. The third-order valence-corrected chi connectivity index (χ3v) is 4.10. The molecule has 1 aromatic rings. The number of alkyl halides is 3. The Kier molecular flexibility index (Phi) is 3.90. The van der Waals surface area contributed by atoms with Crippen LogP contribution in [0.3, 0.4) is 0 Å². The molecule has 2 rings (SSSR count). The van der Waals surface area contributed by atoms with Gasteiger partial charge in [0, 0.05) is 4.47 Å². The van der Waals surface area contributed by atoms with Crippen LogP contribution in [0.15, 0.2) is 22.7 Å². The summed E-state index contributed by atoms with van der Waals surface area (Å²) in [5, 5.41) is 0. The Morgan fingerprint density at radius 3 is 2.53 bits per heavy atom. The molecule has 0 aromatic heterocycles. The third-order valence-electron chi connectivity index (χ3n) is 3.22. The smallest absolute Gasteiger partial charge is 0.417 e. The summed E-state index contributed by atoms with van der Waals surface area (Å²) in [5.74, 6) is -1.03. The van der Waals surface area contributed by atoms with Crippen molar-refractivity contribution >= 4 is 21.9 Å². The molecule has 0 heterocycles. The molecule has 1 aliphatic rings. The van der Waals surface area contributed by atoms with E-state index in [0.29, 0.717) is 5.56 Å². The van der Waals surface area contributed by atoms with Gasteiger partial charge in [0.1, 0.15) is 0 Å². The summed E-state index contributed by atoms with van der Waals surface area (Å²) in [6.07, 6.45) is -2.77. The van der Waals surface area contributed by atoms with Crippen molar-refractivity contribution in [1.82, 2.24) is 0 Å². The maximum atomic E-state index is 12.8. The van der Waals surface area contributed by atoms with Crippen molar-refractivity contribution in [3.63, 3.8) is 0 Å². The summed E-state index contributed by atoms with van der Waals surface area (Å²) in [5.41, 5.74) is -0.413. The molecule has 0 radical (unpaired) electrons. The van der Waals surface area contributed by atoms with Gasteiger partial charge in [0.2, 0.25) is 0 Å². The van der Waals surface area contributed by atoms with E-state index in [-0.39, 0.29) is 10.4 Å². The van der Waals surface area contributed by atoms with Gasteiger partial charge in [-0.05, 0) is 46.3 Å². The SMILES string of the molecule is COC(=O)C(c1cccc(C(F)(F)F)c1Br)C1CC1. The lowest BCUT2D eigenvalue weighted by Crippen LogP contribution is -2.18. The minimum atomic E-state index is -4.45. The van der Waals surface area contributed by atoms with Crippen LogP contribution < -0.4 is 0 Å². The number of halogens is 4.